The van der Waals surface area contributed by atoms with E-state index in [1.165, 1.54) is 24.2 Å². The second kappa shape index (κ2) is 6.89. The number of aliphatic hydroxyl groups excluding tert-OH is 1. The van der Waals surface area contributed by atoms with Gasteiger partial charge in [-0.2, -0.15) is 0 Å². The predicted molar refractivity (Wildman–Crippen MR) is 107 cm³/mol. The van der Waals surface area contributed by atoms with Crippen LogP contribution in [0, 0.1) is 0 Å². The van der Waals surface area contributed by atoms with Crippen molar-refractivity contribution in [1.29, 1.82) is 0 Å². The van der Waals surface area contributed by atoms with Gasteiger partial charge in [0.05, 0.1) is 12.8 Å². The number of fused-ring (bicyclic) bond motifs is 2. The fourth-order valence-corrected chi connectivity index (χ4v) is 5.70. The summed E-state index contributed by atoms with van der Waals surface area (Å²) in [6.45, 7) is 0.832. The number of nitrogens with zero attached hydrogens (tertiary/aromatic N) is 2. The van der Waals surface area contributed by atoms with Crippen molar-refractivity contribution in [3.8, 4) is 0 Å². The number of aryl methyl sites for hydroxylation is 2. The molecule has 1 aromatic heterocycles. The van der Waals surface area contributed by atoms with Crippen molar-refractivity contribution in [3.63, 3.8) is 0 Å². The Bertz CT molecular complexity index is 1080. The van der Waals surface area contributed by atoms with Crippen molar-refractivity contribution in [2.24, 2.45) is 9.50 Å². The number of hydrogen-bond acceptors (Lipinski definition) is 6. The monoisotopic (exact) mass is 422 g/mol. The average Bonchev–Trinajstić information content (AvgIpc) is 3.26. The van der Waals surface area contributed by atoms with Gasteiger partial charge in [0.1, 0.15) is 14.8 Å². The minimum atomic E-state index is -3.52. The zero-order chi connectivity index (χ0) is 20.1. The van der Waals surface area contributed by atoms with Gasteiger partial charge in [0.25, 0.3) is 0 Å². The van der Waals surface area contributed by atoms with Crippen LogP contribution in [0.15, 0.2) is 20.8 Å². The lowest BCUT2D eigenvalue weighted by Gasteiger charge is -2.25. The molecule has 0 bridgehead atoms. The zero-order valence-electron chi connectivity index (χ0n) is 15.4. The van der Waals surface area contributed by atoms with Crippen molar-refractivity contribution in [1.82, 2.24) is 4.98 Å². The van der Waals surface area contributed by atoms with Crippen LogP contribution in [0.4, 0.5) is 10.5 Å². The molecule has 2 aromatic rings. The van der Waals surface area contributed by atoms with Gasteiger partial charge < -0.3 is 15.5 Å². The Labute approximate surface area is 167 Å². The summed E-state index contributed by atoms with van der Waals surface area (Å²) in [5.74, 6) is 0. The van der Waals surface area contributed by atoms with Gasteiger partial charge in [0.2, 0.25) is 0 Å². The molecule has 28 heavy (non-hydrogen) atoms. The van der Waals surface area contributed by atoms with Gasteiger partial charge in [-0.1, -0.05) is 6.07 Å². The van der Waals surface area contributed by atoms with Crippen LogP contribution >= 0.6 is 11.3 Å². The largest absolute Gasteiger partial charge is 0.393 e. The summed E-state index contributed by atoms with van der Waals surface area (Å²) in [7, 11) is -3.52. The molecular weight excluding hydrogens is 400 g/mol. The zero-order valence-corrected chi connectivity index (χ0v) is 17.0. The molecule has 4 rings (SSSR count). The average molecular weight is 423 g/mol. The SMILES string of the molecule is CC(O)(CO)c1ncc([S@](N)(=O)=NC(=O)Nc2c3c(cc4c2CC4)CCC3)s1. The highest BCUT2D eigenvalue weighted by atomic mass is 32.2. The molecule has 0 saturated carbocycles. The molecule has 2 amide bonds. The topological polar surface area (TPSA) is 138 Å². The summed E-state index contributed by atoms with van der Waals surface area (Å²) in [5.41, 5.74) is 4.02. The first kappa shape index (κ1) is 19.5. The molecule has 5 N–H and O–H groups in total. The molecule has 0 spiro atoms. The minimum Gasteiger partial charge on any atom is -0.393 e. The third kappa shape index (κ3) is 3.35. The molecular formula is C18H22N4O4S2. The van der Waals surface area contributed by atoms with Crippen molar-refractivity contribution in [2.45, 2.75) is 48.8 Å². The number of carbonyl (C=O) groups is 1. The summed E-state index contributed by atoms with van der Waals surface area (Å²) in [6, 6.07) is 1.47. The van der Waals surface area contributed by atoms with Crippen LogP contribution in [0.25, 0.3) is 0 Å². The van der Waals surface area contributed by atoms with Crippen LogP contribution in [0.3, 0.4) is 0 Å². The normalized spacial score (nSPS) is 19.0. The maximum absolute atomic E-state index is 12.8. The van der Waals surface area contributed by atoms with Crippen LogP contribution in [-0.4, -0.2) is 32.0 Å². The van der Waals surface area contributed by atoms with E-state index in [1.807, 2.05) is 0 Å². The lowest BCUT2D eigenvalue weighted by molar-refractivity contribution is -0.00244. The van der Waals surface area contributed by atoms with Gasteiger partial charge >= 0.3 is 6.03 Å². The van der Waals surface area contributed by atoms with Gasteiger partial charge in [-0.15, -0.1) is 15.7 Å². The van der Waals surface area contributed by atoms with E-state index in [9.17, 15) is 19.2 Å². The number of benzene rings is 1. The molecule has 8 nitrogen and oxygen atoms in total. The summed E-state index contributed by atoms with van der Waals surface area (Å²) in [4.78, 5) is 16.5. The standard InChI is InChI=1S/C18H22N4O4S2/c1-18(25,9-23)16-20-8-14(27-16)28(19,26)22-17(24)21-15-12-4-2-3-10(12)7-11-5-6-13(11)15/h7-8,23,25H,2-6,9H2,1H3,(H3,19,21,22,24,26)/t18?,28-/m1/s1. The van der Waals surface area contributed by atoms with Crippen LogP contribution in [0.5, 0.6) is 0 Å². The number of thiazole rings is 1. The number of nitrogens with two attached hydrogens (primary N) is 1. The molecule has 150 valence electrons. The molecule has 2 atom stereocenters. The van der Waals surface area contributed by atoms with Crippen LogP contribution < -0.4 is 10.5 Å². The molecule has 1 heterocycles. The minimum absolute atomic E-state index is 0.0673. The van der Waals surface area contributed by atoms with Crippen molar-refractivity contribution >= 4 is 33.0 Å². The van der Waals surface area contributed by atoms with Crippen LogP contribution in [0.2, 0.25) is 0 Å². The number of carbonyl (C=O) groups excluding carboxylic acids is 1. The van der Waals surface area contributed by atoms with E-state index in [1.54, 1.807) is 0 Å². The number of anilines is 1. The lowest BCUT2D eigenvalue weighted by Crippen LogP contribution is -2.25. The number of aromatic nitrogens is 1. The Morgan fingerprint density at radius 1 is 1.36 bits per heavy atom. The predicted octanol–water partition coefficient (Wildman–Crippen LogP) is 1.86. The summed E-state index contributed by atoms with van der Waals surface area (Å²) < 4.78 is 16.6. The van der Waals surface area contributed by atoms with Gasteiger partial charge in [-0.3, -0.25) is 0 Å². The highest BCUT2D eigenvalue weighted by Crippen LogP contribution is 2.39. The number of rotatable bonds is 4. The second-order valence-electron chi connectivity index (χ2n) is 7.39. The summed E-state index contributed by atoms with van der Waals surface area (Å²) in [6.07, 6.45) is 6.10. The first-order valence-corrected chi connectivity index (χ1v) is 11.4. The first-order valence-electron chi connectivity index (χ1n) is 9.03. The van der Waals surface area contributed by atoms with E-state index >= 15 is 0 Å². The quantitative estimate of drug-likeness (QED) is 0.596. The van der Waals surface area contributed by atoms with Gasteiger partial charge in [0, 0.05) is 5.69 Å². The van der Waals surface area contributed by atoms with Gasteiger partial charge in [-0.05, 0) is 61.3 Å². The van der Waals surface area contributed by atoms with Gasteiger partial charge in [0.15, 0.2) is 9.92 Å². The Morgan fingerprint density at radius 2 is 2.07 bits per heavy atom. The van der Waals surface area contributed by atoms with Crippen molar-refractivity contribution in [3.05, 3.63) is 39.5 Å². The Morgan fingerprint density at radius 3 is 2.75 bits per heavy atom. The van der Waals surface area contributed by atoms with Crippen LogP contribution in [-0.2, 0) is 41.2 Å². The smallest absolute Gasteiger partial charge is 0.354 e. The Hall–Kier alpha value is -1.85. The van der Waals surface area contributed by atoms with E-state index in [0.717, 1.165) is 60.3 Å². The molecule has 2 aliphatic carbocycles. The fraction of sp³-hybridized carbons (Fsp3) is 0.444. The lowest BCUT2D eigenvalue weighted by atomic mass is 9.83. The van der Waals surface area contributed by atoms with Crippen molar-refractivity contribution < 1.29 is 19.2 Å². The molecule has 0 radical (unpaired) electrons. The maximum atomic E-state index is 12.8. The van der Waals surface area contributed by atoms with Crippen molar-refractivity contribution in [2.75, 3.05) is 11.9 Å². The number of nitrogens with one attached hydrogen (secondary N) is 1. The molecule has 0 saturated heterocycles. The molecule has 0 fully saturated rings. The summed E-state index contributed by atoms with van der Waals surface area (Å²) in [5, 5.41) is 28.1. The molecule has 0 aliphatic heterocycles. The Kier molecular flexibility index (Phi) is 4.79. The number of hydrogen-bond donors (Lipinski definition) is 4. The third-order valence-electron chi connectivity index (χ3n) is 5.24. The number of urea groups is 1. The number of amides is 2. The van der Waals surface area contributed by atoms with Gasteiger partial charge in [-0.25, -0.2) is 19.1 Å². The number of aliphatic hydroxyl groups is 2. The van der Waals surface area contributed by atoms with E-state index < -0.39 is 28.2 Å². The van der Waals surface area contributed by atoms with E-state index in [0.29, 0.717) is 0 Å². The molecule has 2 aliphatic rings. The Balaban J connectivity index is 1.62. The fourth-order valence-electron chi connectivity index (χ4n) is 3.60. The first-order chi connectivity index (χ1) is 13.2. The molecule has 10 heteroatoms. The highest BCUT2D eigenvalue weighted by molar-refractivity contribution is 7.93. The third-order valence-corrected chi connectivity index (χ3v) is 8.37. The van der Waals surface area contributed by atoms with E-state index in [4.69, 9.17) is 5.14 Å². The summed E-state index contributed by atoms with van der Waals surface area (Å²) >= 11 is 0.861. The molecule has 1 unspecified atom stereocenters. The van der Waals surface area contributed by atoms with Crippen LogP contribution in [0.1, 0.15) is 40.6 Å². The maximum Gasteiger partial charge on any atom is 0.354 e. The van der Waals surface area contributed by atoms with E-state index in [-0.39, 0.29) is 9.22 Å². The second-order valence-corrected chi connectivity index (χ2v) is 10.4. The highest BCUT2D eigenvalue weighted by Gasteiger charge is 2.29. The molecule has 1 aromatic carbocycles. The van der Waals surface area contributed by atoms with E-state index in [2.05, 4.69) is 20.7 Å².